The van der Waals surface area contributed by atoms with Gasteiger partial charge in [0.2, 0.25) is 0 Å². The summed E-state index contributed by atoms with van der Waals surface area (Å²) >= 11 is 18.5. The minimum absolute atomic E-state index is 0.0841. The molecular formula is C14H6Cl3F3N2OS. The lowest BCUT2D eigenvalue weighted by atomic mass is 10.1. The van der Waals surface area contributed by atoms with E-state index in [1.54, 1.807) is 0 Å². The number of fused-ring (bicyclic) bond motifs is 1. The first-order valence-electron chi connectivity index (χ1n) is 6.78. The highest BCUT2D eigenvalue weighted by Gasteiger charge is 2.38. The second-order valence-electron chi connectivity index (χ2n) is 5.39. The summed E-state index contributed by atoms with van der Waals surface area (Å²) in [4.78, 5) is 3.35. The third-order valence-electron chi connectivity index (χ3n) is 3.65. The molecule has 0 atom stereocenters. The van der Waals surface area contributed by atoms with E-state index in [9.17, 15) is 13.2 Å². The Kier molecular flexibility index (Phi) is 3.76. The molecule has 2 heterocycles. The predicted octanol–water partition coefficient (Wildman–Crippen LogP) is 6.81. The van der Waals surface area contributed by atoms with Crippen LogP contribution in [0.25, 0.3) is 22.4 Å². The number of rotatable bonds is 2. The fourth-order valence-corrected chi connectivity index (χ4v) is 3.98. The van der Waals surface area contributed by atoms with Crippen molar-refractivity contribution in [2.75, 3.05) is 0 Å². The molecule has 1 aliphatic carbocycles. The lowest BCUT2D eigenvalue weighted by Crippen LogP contribution is -2.02. The Labute approximate surface area is 152 Å². The van der Waals surface area contributed by atoms with Crippen molar-refractivity contribution in [1.29, 1.82) is 0 Å². The number of alkyl halides is 3. The van der Waals surface area contributed by atoms with Crippen LogP contribution in [0.5, 0.6) is 0 Å². The first-order valence-corrected chi connectivity index (χ1v) is 8.69. The Hall–Kier alpha value is -1.02. The van der Waals surface area contributed by atoms with E-state index in [4.69, 9.17) is 39.2 Å². The molecule has 3 nitrogen and oxygen atoms in total. The second-order valence-corrected chi connectivity index (χ2v) is 7.36. The van der Waals surface area contributed by atoms with E-state index >= 15 is 0 Å². The molecule has 0 aliphatic heterocycles. The standard InChI is InChI=1S/C14H6Cl3F3N2OS/c15-5-3-6(16)9-11(23-13(21-9)4-1-2-4)7(5)10-8(17)12(24-22-10)14(18,19)20/h3-4H,1-2H2. The van der Waals surface area contributed by atoms with Crippen molar-refractivity contribution >= 4 is 57.4 Å². The van der Waals surface area contributed by atoms with E-state index in [0.29, 0.717) is 11.4 Å². The Morgan fingerprint density at radius 3 is 2.46 bits per heavy atom. The van der Waals surface area contributed by atoms with Crippen LogP contribution in [0.2, 0.25) is 15.1 Å². The summed E-state index contributed by atoms with van der Waals surface area (Å²) in [6.45, 7) is 0. The van der Waals surface area contributed by atoms with E-state index in [-0.39, 0.29) is 44.3 Å². The largest absolute Gasteiger partial charge is 0.440 e. The second kappa shape index (κ2) is 5.49. The molecular weight excluding hydrogens is 408 g/mol. The van der Waals surface area contributed by atoms with E-state index in [1.165, 1.54) is 6.07 Å². The number of halogens is 6. The van der Waals surface area contributed by atoms with Crippen LogP contribution in [-0.4, -0.2) is 9.36 Å². The molecule has 10 heteroatoms. The van der Waals surface area contributed by atoms with Crippen molar-refractivity contribution in [3.05, 3.63) is 31.9 Å². The molecule has 0 N–H and O–H groups in total. The van der Waals surface area contributed by atoms with Gasteiger partial charge in [-0.05, 0) is 30.4 Å². The first-order chi connectivity index (χ1) is 11.3. The SMILES string of the molecule is FC(F)(F)c1snc(-c2c(Cl)cc(Cl)c3nc(C4CC4)oc23)c1Cl. The zero-order valence-electron chi connectivity index (χ0n) is 11.5. The minimum Gasteiger partial charge on any atom is -0.440 e. The molecule has 24 heavy (non-hydrogen) atoms. The highest BCUT2D eigenvalue weighted by atomic mass is 35.5. The molecule has 0 amide bonds. The summed E-state index contributed by atoms with van der Waals surface area (Å²) in [6.07, 6.45) is -2.70. The molecule has 0 saturated heterocycles. The van der Waals surface area contributed by atoms with Gasteiger partial charge in [-0.3, -0.25) is 0 Å². The number of hydrogen-bond acceptors (Lipinski definition) is 4. The average Bonchev–Trinajstić information content (AvgIpc) is 3.11. The third kappa shape index (κ3) is 2.58. The van der Waals surface area contributed by atoms with Crippen LogP contribution in [0.1, 0.15) is 29.5 Å². The van der Waals surface area contributed by atoms with Gasteiger partial charge in [-0.15, -0.1) is 0 Å². The first kappa shape index (κ1) is 16.4. The molecule has 0 spiro atoms. The van der Waals surface area contributed by atoms with Gasteiger partial charge >= 0.3 is 6.18 Å². The lowest BCUT2D eigenvalue weighted by Gasteiger charge is -2.05. The Morgan fingerprint density at radius 1 is 1.17 bits per heavy atom. The lowest BCUT2D eigenvalue weighted by molar-refractivity contribution is -0.134. The quantitative estimate of drug-likeness (QED) is 0.463. The van der Waals surface area contributed by atoms with Crippen molar-refractivity contribution < 1.29 is 17.6 Å². The number of aromatic nitrogens is 2. The van der Waals surface area contributed by atoms with Crippen LogP contribution >= 0.6 is 46.3 Å². The summed E-state index contributed by atoms with van der Waals surface area (Å²) in [5.41, 5.74) is 0.636. The van der Waals surface area contributed by atoms with E-state index < -0.39 is 16.1 Å². The summed E-state index contributed by atoms with van der Waals surface area (Å²) in [6, 6.07) is 1.41. The van der Waals surface area contributed by atoms with Crippen molar-refractivity contribution in [3.63, 3.8) is 0 Å². The molecule has 1 aliphatic rings. The van der Waals surface area contributed by atoms with Gasteiger partial charge in [-0.25, -0.2) is 4.98 Å². The molecule has 1 saturated carbocycles. The maximum atomic E-state index is 13.0. The monoisotopic (exact) mass is 412 g/mol. The summed E-state index contributed by atoms with van der Waals surface area (Å²) in [7, 11) is 0. The van der Waals surface area contributed by atoms with Gasteiger partial charge in [-0.2, -0.15) is 17.5 Å². The molecule has 126 valence electrons. The molecule has 3 aromatic rings. The van der Waals surface area contributed by atoms with Crippen LogP contribution in [0.4, 0.5) is 13.2 Å². The van der Waals surface area contributed by atoms with Crippen LogP contribution in [-0.2, 0) is 6.18 Å². The van der Waals surface area contributed by atoms with Crippen LogP contribution in [0.15, 0.2) is 10.5 Å². The molecule has 1 fully saturated rings. The zero-order chi connectivity index (χ0) is 17.2. The average molecular weight is 414 g/mol. The van der Waals surface area contributed by atoms with Crippen LogP contribution in [0, 0.1) is 0 Å². The van der Waals surface area contributed by atoms with E-state index in [1.807, 2.05) is 0 Å². The topological polar surface area (TPSA) is 38.9 Å². The predicted molar refractivity (Wildman–Crippen MR) is 87.1 cm³/mol. The van der Waals surface area contributed by atoms with E-state index in [0.717, 1.165) is 12.8 Å². The van der Waals surface area contributed by atoms with Gasteiger partial charge in [0.05, 0.1) is 20.6 Å². The number of oxazole rings is 1. The number of hydrogen-bond donors (Lipinski definition) is 0. The normalized spacial score (nSPS) is 15.4. The van der Waals surface area contributed by atoms with Gasteiger partial charge in [0, 0.05) is 5.92 Å². The maximum Gasteiger partial charge on any atom is 0.428 e. The number of benzene rings is 1. The van der Waals surface area contributed by atoms with E-state index in [2.05, 4.69) is 9.36 Å². The molecule has 2 aromatic heterocycles. The smallest absolute Gasteiger partial charge is 0.428 e. The molecule has 1 aromatic carbocycles. The third-order valence-corrected chi connectivity index (χ3v) is 5.60. The van der Waals surface area contributed by atoms with Crippen molar-refractivity contribution in [2.24, 2.45) is 0 Å². The Bertz CT molecular complexity index is 962. The highest BCUT2D eigenvalue weighted by Crippen LogP contribution is 2.48. The molecule has 0 unspecified atom stereocenters. The minimum atomic E-state index is -4.59. The fourth-order valence-electron chi connectivity index (χ4n) is 2.36. The van der Waals surface area contributed by atoms with Gasteiger partial charge < -0.3 is 4.42 Å². The fraction of sp³-hybridized carbons (Fsp3) is 0.286. The highest BCUT2D eigenvalue weighted by molar-refractivity contribution is 7.07. The van der Waals surface area contributed by atoms with Crippen LogP contribution < -0.4 is 0 Å². The van der Waals surface area contributed by atoms with Gasteiger partial charge in [-0.1, -0.05) is 34.8 Å². The zero-order valence-corrected chi connectivity index (χ0v) is 14.6. The van der Waals surface area contributed by atoms with Gasteiger partial charge in [0.15, 0.2) is 11.5 Å². The van der Waals surface area contributed by atoms with Crippen molar-refractivity contribution in [1.82, 2.24) is 9.36 Å². The molecule has 0 radical (unpaired) electrons. The molecule has 4 rings (SSSR count). The summed E-state index contributed by atoms with van der Waals surface area (Å²) in [5.74, 6) is 0.703. The number of nitrogens with zero attached hydrogens (tertiary/aromatic N) is 2. The Morgan fingerprint density at radius 2 is 1.88 bits per heavy atom. The van der Waals surface area contributed by atoms with Gasteiger partial charge in [0.25, 0.3) is 0 Å². The maximum absolute atomic E-state index is 13.0. The molecule has 0 bridgehead atoms. The van der Waals surface area contributed by atoms with Crippen molar-refractivity contribution in [3.8, 4) is 11.3 Å². The van der Waals surface area contributed by atoms with Crippen LogP contribution in [0.3, 0.4) is 0 Å². The Balaban J connectivity index is 1.98. The van der Waals surface area contributed by atoms with Crippen molar-refractivity contribution in [2.45, 2.75) is 24.9 Å². The summed E-state index contributed by atoms with van der Waals surface area (Å²) in [5, 5.41) is -0.147. The summed E-state index contributed by atoms with van der Waals surface area (Å²) < 4.78 is 48.5. The van der Waals surface area contributed by atoms with Gasteiger partial charge in [0.1, 0.15) is 16.1 Å².